The second-order valence-electron chi connectivity index (χ2n) is 6.97. The highest BCUT2D eigenvalue weighted by Crippen LogP contribution is 2.32. The van der Waals surface area contributed by atoms with Crippen LogP contribution in [0.1, 0.15) is 36.8 Å². The summed E-state index contributed by atoms with van der Waals surface area (Å²) in [5.41, 5.74) is 2.94. The van der Waals surface area contributed by atoms with Crippen molar-refractivity contribution in [2.24, 2.45) is 0 Å². The van der Waals surface area contributed by atoms with Gasteiger partial charge in [-0.15, -0.1) is 0 Å². The molecule has 1 N–H and O–H groups in total. The first kappa shape index (κ1) is 21.3. The van der Waals surface area contributed by atoms with Gasteiger partial charge in [0.1, 0.15) is 4.32 Å². The second kappa shape index (κ2) is 10.4. The first-order valence-corrected chi connectivity index (χ1v) is 10.9. The zero-order chi connectivity index (χ0) is 20.6. The van der Waals surface area contributed by atoms with Gasteiger partial charge in [0, 0.05) is 18.7 Å². The van der Waals surface area contributed by atoms with E-state index in [-0.39, 0.29) is 11.8 Å². The van der Waals surface area contributed by atoms with Gasteiger partial charge in [0.25, 0.3) is 5.91 Å². The first-order valence-electron chi connectivity index (χ1n) is 9.70. The Morgan fingerprint density at radius 2 is 1.90 bits per heavy atom. The molecule has 0 saturated carbocycles. The molecule has 0 bridgehead atoms. The van der Waals surface area contributed by atoms with Gasteiger partial charge >= 0.3 is 0 Å². The fourth-order valence-corrected chi connectivity index (χ4v) is 4.38. The van der Waals surface area contributed by atoms with Crippen LogP contribution in [-0.4, -0.2) is 27.6 Å². The molecule has 6 heteroatoms. The first-order chi connectivity index (χ1) is 14.0. The van der Waals surface area contributed by atoms with Gasteiger partial charge in [0.15, 0.2) is 0 Å². The molecule has 0 spiro atoms. The van der Waals surface area contributed by atoms with Crippen molar-refractivity contribution < 1.29 is 9.59 Å². The van der Waals surface area contributed by atoms with Crippen LogP contribution in [-0.2, 0) is 9.59 Å². The van der Waals surface area contributed by atoms with Gasteiger partial charge in [0.2, 0.25) is 5.91 Å². The number of nitrogens with one attached hydrogen (secondary N) is 1. The number of unbranched alkanes of at least 4 members (excludes halogenated alkanes) is 2. The highest BCUT2D eigenvalue weighted by Gasteiger charge is 2.31. The Morgan fingerprint density at radius 1 is 1.10 bits per heavy atom. The maximum Gasteiger partial charge on any atom is 0.266 e. The van der Waals surface area contributed by atoms with Crippen molar-refractivity contribution in [3.63, 3.8) is 0 Å². The van der Waals surface area contributed by atoms with Gasteiger partial charge in [-0.3, -0.25) is 14.5 Å². The summed E-state index contributed by atoms with van der Waals surface area (Å²) in [6.45, 7) is 2.59. The molecule has 1 aliphatic heterocycles. The van der Waals surface area contributed by atoms with Crippen LogP contribution < -0.4 is 5.32 Å². The van der Waals surface area contributed by atoms with Crippen molar-refractivity contribution >= 4 is 51.9 Å². The van der Waals surface area contributed by atoms with Crippen LogP contribution in [0.4, 0.5) is 5.69 Å². The largest absolute Gasteiger partial charge is 0.326 e. The summed E-state index contributed by atoms with van der Waals surface area (Å²) in [4.78, 5) is 27.0. The van der Waals surface area contributed by atoms with E-state index in [1.165, 1.54) is 11.8 Å². The lowest BCUT2D eigenvalue weighted by Gasteiger charge is -2.14. The summed E-state index contributed by atoms with van der Waals surface area (Å²) in [5.74, 6) is -0.00644. The smallest absolute Gasteiger partial charge is 0.266 e. The third kappa shape index (κ3) is 6.27. The van der Waals surface area contributed by atoms with Crippen molar-refractivity contribution in [3.05, 3.63) is 70.6 Å². The normalized spacial score (nSPS) is 15.2. The summed E-state index contributed by atoms with van der Waals surface area (Å²) < 4.78 is 0.606. The molecular formula is C23H24N2O2S2. The van der Waals surface area contributed by atoms with Crippen LogP contribution in [0.2, 0.25) is 0 Å². The number of hydrogen-bond acceptors (Lipinski definition) is 4. The van der Waals surface area contributed by atoms with E-state index in [0.717, 1.165) is 36.1 Å². The molecule has 29 heavy (non-hydrogen) atoms. The van der Waals surface area contributed by atoms with Gasteiger partial charge in [-0.05, 0) is 49.1 Å². The zero-order valence-corrected chi connectivity index (χ0v) is 18.0. The van der Waals surface area contributed by atoms with Crippen LogP contribution in [0.25, 0.3) is 6.08 Å². The van der Waals surface area contributed by atoms with E-state index < -0.39 is 0 Å². The minimum atomic E-state index is -0.0268. The molecular weight excluding hydrogens is 400 g/mol. The Bertz CT molecular complexity index is 925. The molecule has 2 aromatic carbocycles. The van der Waals surface area contributed by atoms with Gasteiger partial charge in [-0.2, -0.15) is 0 Å². The van der Waals surface area contributed by atoms with Crippen molar-refractivity contribution in [2.45, 2.75) is 32.6 Å². The number of carbonyl (C=O) groups is 2. The van der Waals surface area contributed by atoms with Crippen LogP contribution in [0.5, 0.6) is 0 Å². The lowest BCUT2D eigenvalue weighted by atomic mass is 10.1. The Balaban J connectivity index is 1.40. The van der Waals surface area contributed by atoms with E-state index in [4.69, 9.17) is 12.2 Å². The van der Waals surface area contributed by atoms with Crippen molar-refractivity contribution in [3.8, 4) is 0 Å². The molecule has 0 aliphatic carbocycles. The number of thioether (sulfide) groups is 1. The van der Waals surface area contributed by atoms with Crippen LogP contribution >= 0.6 is 24.0 Å². The lowest BCUT2D eigenvalue weighted by molar-refractivity contribution is -0.122. The molecule has 1 saturated heterocycles. The van der Waals surface area contributed by atoms with E-state index in [1.54, 1.807) is 4.90 Å². The quantitative estimate of drug-likeness (QED) is 0.350. The van der Waals surface area contributed by atoms with Crippen molar-refractivity contribution in [1.29, 1.82) is 0 Å². The van der Waals surface area contributed by atoms with Crippen molar-refractivity contribution in [2.75, 3.05) is 11.9 Å². The van der Waals surface area contributed by atoms with Crippen LogP contribution in [0.3, 0.4) is 0 Å². The average molecular weight is 425 g/mol. The number of amides is 2. The number of anilines is 1. The topological polar surface area (TPSA) is 49.4 Å². The summed E-state index contributed by atoms with van der Waals surface area (Å²) in [5, 5.41) is 2.92. The summed E-state index contributed by atoms with van der Waals surface area (Å²) in [6.07, 6.45) is 4.83. The Labute approximate surface area is 181 Å². The predicted molar refractivity (Wildman–Crippen MR) is 125 cm³/mol. The SMILES string of the molecule is Cc1cccc(NC(=O)CCCCCN2C(=O)C(=Cc3ccccc3)SC2=S)c1. The van der Waals surface area contributed by atoms with E-state index in [0.29, 0.717) is 22.2 Å². The van der Waals surface area contributed by atoms with E-state index in [2.05, 4.69) is 5.32 Å². The molecule has 1 heterocycles. The van der Waals surface area contributed by atoms with Gasteiger partial charge in [0.05, 0.1) is 4.91 Å². The standard InChI is InChI=1S/C23H24N2O2S2/c1-17-9-8-12-19(15-17)24-21(26)13-6-3-7-14-25-22(27)20(29-23(25)28)16-18-10-4-2-5-11-18/h2,4-5,8-12,15-16H,3,6-7,13-14H2,1H3,(H,24,26). The predicted octanol–water partition coefficient (Wildman–Crippen LogP) is 5.40. The van der Waals surface area contributed by atoms with E-state index in [1.807, 2.05) is 67.6 Å². The van der Waals surface area contributed by atoms with Crippen molar-refractivity contribution in [1.82, 2.24) is 4.90 Å². The highest BCUT2D eigenvalue weighted by atomic mass is 32.2. The van der Waals surface area contributed by atoms with Crippen LogP contribution in [0, 0.1) is 6.92 Å². The Hall–Kier alpha value is -2.44. The monoisotopic (exact) mass is 424 g/mol. The maximum absolute atomic E-state index is 12.6. The molecule has 2 aromatic rings. The molecule has 0 unspecified atom stereocenters. The molecule has 3 rings (SSSR count). The molecule has 2 amide bonds. The Kier molecular flexibility index (Phi) is 7.61. The molecule has 1 aliphatic rings. The third-order valence-electron chi connectivity index (χ3n) is 4.56. The fraction of sp³-hybridized carbons (Fsp3) is 0.261. The second-order valence-corrected chi connectivity index (χ2v) is 8.65. The van der Waals surface area contributed by atoms with Gasteiger partial charge in [-0.1, -0.05) is 72.9 Å². The molecule has 0 radical (unpaired) electrons. The molecule has 4 nitrogen and oxygen atoms in total. The zero-order valence-electron chi connectivity index (χ0n) is 16.4. The number of benzene rings is 2. The molecule has 1 fully saturated rings. The fourth-order valence-electron chi connectivity index (χ4n) is 3.07. The molecule has 150 valence electrons. The number of rotatable bonds is 8. The molecule has 0 atom stereocenters. The highest BCUT2D eigenvalue weighted by molar-refractivity contribution is 8.26. The molecule has 0 aromatic heterocycles. The Morgan fingerprint density at radius 3 is 2.66 bits per heavy atom. The average Bonchev–Trinajstić information content (AvgIpc) is 2.95. The lowest BCUT2D eigenvalue weighted by Crippen LogP contribution is -2.29. The van der Waals surface area contributed by atoms with Crippen LogP contribution in [0.15, 0.2) is 59.5 Å². The minimum absolute atomic E-state index is 0.0204. The summed E-state index contributed by atoms with van der Waals surface area (Å²) in [6, 6.07) is 17.5. The third-order valence-corrected chi connectivity index (χ3v) is 5.94. The number of carbonyl (C=O) groups excluding carboxylic acids is 2. The van der Waals surface area contributed by atoms with Gasteiger partial charge < -0.3 is 5.32 Å². The summed E-state index contributed by atoms with van der Waals surface area (Å²) >= 11 is 6.73. The minimum Gasteiger partial charge on any atom is -0.326 e. The van der Waals surface area contributed by atoms with Gasteiger partial charge in [-0.25, -0.2) is 0 Å². The van der Waals surface area contributed by atoms with E-state index in [9.17, 15) is 9.59 Å². The number of thiocarbonyl (C=S) groups is 1. The van der Waals surface area contributed by atoms with E-state index >= 15 is 0 Å². The number of nitrogens with zero attached hydrogens (tertiary/aromatic N) is 1. The number of aryl methyl sites for hydroxylation is 1. The number of hydrogen-bond donors (Lipinski definition) is 1. The maximum atomic E-state index is 12.6. The summed E-state index contributed by atoms with van der Waals surface area (Å²) in [7, 11) is 0.